The first kappa shape index (κ1) is 12.5. The third kappa shape index (κ3) is 2.09. The van der Waals surface area contributed by atoms with Gasteiger partial charge in [0.15, 0.2) is 5.65 Å². The lowest BCUT2D eigenvalue weighted by atomic mass is 10.2. The van der Waals surface area contributed by atoms with Crippen LogP contribution in [0.25, 0.3) is 16.7 Å². The van der Waals surface area contributed by atoms with E-state index in [1.807, 2.05) is 26.1 Å². The summed E-state index contributed by atoms with van der Waals surface area (Å²) < 4.78 is 1.78. The van der Waals surface area contributed by atoms with Gasteiger partial charge in [-0.15, -0.1) is 0 Å². The lowest BCUT2D eigenvalue weighted by molar-refractivity contribution is 0.877. The molecule has 19 heavy (non-hydrogen) atoms. The van der Waals surface area contributed by atoms with Crippen LogP contribution in [-0.2, 0) is 0 Å². The van der Waals surface area contributed by atoms with Gasteiger partial charge in [-0.2, -0.15) is 5.10 Å². The standard InChI is InChI=1S/C14H11Cl2N3/c1-8-5-11-9(2)18-19(14(11)17-7-8)10-3-4-12(15)13(16)6-10/h3-7H,1-2H3. The Morgan fingerprint density at radius 1 is 1.05 bits per heavy atom. The molecule has 0 aliphatic carbocycles. The van der Waals surface area contributed by atoms with E-state index in [1.54, 1.807) is 16.8 Å². The van der Waals surface area contributed by atoms with E-state index < -0.39 is 0 Å². The minimum absolute atomic E-state index is 0.507. The van der Waals surface area contributed by atoms with Gasteiger partial charge in [-0.25, -0.2) is 9.67 Å². The zero-order valence-electron chi connectivity index (χ0n) is 10.5. The molecule has 0 saturated carbocycles. The zero-order valence-corrected chi connectivity index (χ0v) is 12.0. The van der Waals surface area contributed by atoms with Crippen molar-refractivity contribution in [2.75, 3.05) is 0 Å². The monoisotopic (exact) mass is 291 g/mol. The lowest BCUT2D eigenvalue weighted by Crippen LogP contribution is -1.97. The van der Waals surface area contributed by atoms with Crippen molar-refractivity contribution in [3.63, 3.8) is 0 Å². The van der Waals surface area contributed by atoms with E-state index in [1.165, 1.54) is 0 Å². The maximum atomic E-state index is 6.05. The normalized spacial score (nSPS) is 11.2. The molecule has 3 rings (SSSR count). The number of pyridine rings is 1. The number of hydrogen-bond donors (Lipinski definition) is 0. The largest absolute Gasteiger partial charge is 0.236 e. The molecule has 0 fully saturated rings. The molecule has 0 N–H and O–H groups in total. The van der Waals surface area contributed by atoms with E-state index in [2.05, 4.69) is 16.1 Å². The fraction of sp³-hybridized carbons (Fsp3) is 0.143. The molecule has 2 heterocycles. The van der Waals surface area contributed by atoms with Crippen LogP contribution in [-0.4, -0.2) is 14.8 Å². The summed E-state index contributed by atoms with van der Waals surface area (Å²) in [5, 5.41) is 6.61. The second-order valence-corrected chi connectivity index (χ2v) is 5.29. The van der Waals surface area contributed by atoms with Crippen molar-refractivity contribution in [1.82, 2.24) is 14.8 Å². The highest BCUT2D eigenvalue weighted by atomic mass is 35.5. The quantitative estimate of drug-likeness (QED) is 0.667. The van der Waals surface area contributed by atoms with E-state index in [9.17, 15) is 0 Å². The van der Waals surface area contributed by atoms with Crippen LogP contribution in [0.5, 0.6) is 0 Å². The summed E-state index contributed by atoms with van der Waals surface area (Å²) in [4.78, 5) is 4.45. The van der Waals surface area contributed by atoms with E-state index in [-0.39, 0.29) is 0 Å². The molecule has 2 aromatic heterocycles. The number of rotatable bonds is 1. The predicted molar refractivity (Wildman–Crippen MR) is 78.4 cm³/mol. The SMILES string of the molecule is Cc1cnc2c(c1)c(C)nn2-c1ccc(Cl)c(Cl)c1. The summed E-state index contributed by atoms with van der Waals surface area (Å²) in [5.74, 6) is 0. The van der Waals surface area contributed by atoms with Gasteiger partial charge in [-0.05, 0) is 43.7 Å². The maximum Gasteiger partial charge on any atom is 0.163 e. The number of benzene rings is 1. The maximum absolute atomic E-state index is 6.05. The molecule has 0 aliphatic heterocycles. The van der Waals surface area contributed by atoms with Gasteiger partial charge in [-0.1, -0.05) is 23.2 Å². The van der Waals surface area contributed by atoms with Crippen molar-refractivity contribution in [2.24, 2.45) is 0 Å². The lowest BCUT2D eigenvalue weighted by Gasteiger charge is -2.04. The molecule has 96 valence electrons. The zero-order chi connectivity index (χ0) is 13.6. The topological polar surface area (TPSA) is 30.7 Å². The van der Waals surface area contributed by atoms with E-state index in [4.69, 9.17) is 23.2 Å². The second kappa shape index (κ2) is 4.51. The van der Waals surface area contributed by atoms with Crippen molar-refractivity contribution in [3.05, 3.63) is 51.8 Å². The van der Waals surface area contributed by atoms with Crippen LogP contribution in [0, 0.1) is 13.8 Å². The third-order valence-corrected chi connectivity index (χ3v) is 3.73. The van der Waals surface area contributed by atoms with Gasteiger partial charge in [0.25, 0.3) is 0 Å². The fourth-order valence-electron chi connectivity index (χ4n) is 2.05. The molecule has 1 aromatic carbocycles. The minimum Gasteiger partial charge on any atom is -0.236 e. The first-order chi connectivity index (χ1) is 9.06. The van der Waals surface area contributed by atoms with Gasteiger partial charge in [0.2, 0.25) is 0 Å². The molecule has 0 spiro atoms. The molecule has 0 saturated heterocycles. The third-order valence-electron chi connectivity index (χ3n) is 2.99. The van der Waals surface area contributed by atoms with Crippen LogP contribution >= 0.6 is 23.2 Å². The molecule has 0 radical (unpaired) electrons. The molecule has 0 aliphatic rings. The van der Waals surface area contributed by atoms with Crippen molar-refractivity contribution in [1.29, 1.82) is 0 Å². The van der Waals surface area contributed by atoms with Gasteiger partial charge in [-0.3, -0.25) is 0 Å². The molecular weight excluding hydrogens is 281 g/mol. The van der Waals surface area contributed by atoms with Crippen LogP contribution in [0.1, 0.15) is 11.3 Å². The number of halogens is 2. The summed E-state index contributed by atoms with van der Waals surface area (Å²) in [6.07, 6.45) is 1.83. The Bertz CT molecular complexity index is 778. The Labute approximate surface area is 120 Å². The molecule has 0 amide bonds. The number of aryl methyl sites for hydroxylation is 2. The Balaban J connectivity index is 2.28. The number of hydrogen-bond acceptors (Lipinski definition) is 2. The van der Waals surface area contributed by atoms with Crippen LogP contribution < -0.4 is 0 Å². The summed E-state index contributed by atoms with van der Waals surface area (Å²) in [7, 11) is 0. The summed E-state index contributed by atoms with van der Waals surface area (Å²) in [5.41, 5.74) is 3.73. The molecule has 3 nitrogen and oxygen atoms in total. The van der Waals surface area contributed by atoms with Crippen LogP contribution in [0.15, 0.2) is 30.5 Å². The molecule has 0 unspecified atom stereocenters. The average Bonchev–Trinajstić information content (AvgIpc) is 2.70. The average molecular weight is 292 g/mol. The second-order valence-electron chi connectivity index (χ2n) is 4.48. The highest BCUT2D eigenvalue weighted by Crippen LogP contribution is 2.26. The van der Waals surface area contributed by atoms with E-state index >= 15 is 0 Å². The van der Waals surface area contributed by atoms with Gasteiger partial charge < -0.3 is 0 Å². The van der Waals surface area contributed by atoms with Crippen molar-refractivity contribution in [2.45, 2.75) is 13.8 Å². The molecular formula is C14H11Cl2N3. The Kier molecular flexibility index (Phi) is 2.96. The van der Waals surface area contributed by atoms with Crippen molar-refractivity contribution >= 4 is 34.2 Å². The first-order valence-corrected chi connectivity index (χ1v) is 6.59. The Morgan fingerprint density at radius 2 is 1.84 bits per heavy atom. The number of nitrogens with zero attached hydrogens (tertiary/aromatic N) is 3. The summed E-state index contributed by atoms with van der Waals surface area (Å²) in [6, 6.07) is 7.51. The van der Waals surface area contributed by atoms with Crippen LogP contribution in [0.3, 0.4) is 0 Å². The molecule has 5 heteroatoms. The Morgan fingerprint density at radius 3 is 2.58 bits per heavy atom. The highest BCUT2D eigenvalue weighted by molar-refractivity contribution is 6.42. The van der Waals surface area contributed by atoms with E-state index in [0.717, 1.165) is 28.0 Å². The van der Waals surface area contributed by atoms with Gasteiger partial charge >= 0.3 is 0 Å². The van der Waals surface area contributed by atoms with Gasteiger partial charge in [0.05, 0.1) is 21.4 Å². The summed E-state index contributed by atoms with van der Waals surface area (Å²) in [6.45, 7) is 3.99. The van der Waals surface area contributed by atoms with Crippen molar-refractivity contribution < 1.29 is 0 Å². The van der Waals surface area contributed by atoms with Gasteiger partial charge in [0, 0.05) is 11.6 Å². The van der Waals surface area contributed by atoms with Crippen LogP contribution in [0.4, 0.5) is 0 Å². The predicted octanol–water partition coefficient (Wildman–Crippen LogP) is 4.34. The van der Waals surface area contributed by atoms with Gasteiger partial charge in [0.1, 0.15) is 0 Å². The summed E-state index contributed by atoms with van der Waals surface area (Å²) >= 11 is 12.0. The van der Waals surface area contributed by atoms with Crippen molar-refractivity contribution in [3.8, 4) is 5.69 Å². The number of fused-ring (bicyclic) bond motifs is 1. The van der Waals surface area contributed by atoms with E-state index in [0.29, 0.717) is 10.0 Å². The fourth-order valence-corrected chi connectivity index (χ4v) is 2.34. The molecule has 3 aromatic rings. The first-order valence-electron chi connectivity index (χ1n) is 5.83. The molecule has 0 bridgehead atoms. The molecule has 0 atom stereocenters. The number of aromatic nitrogens is 3. The minimum atomic E-state index is 0.507. The highest BCUT2D eigenvalue weighted by Gasteiger charge is 2.11. The smallest absolute Gasteiger partial charge is 0.163 e. The van der Waals surface area contributed by atoms with Crippen LogP contribution in [0.2, 0.25) is 10.0 Å². The Hall–Kier alpha value is -1.58.